The normalized spacial score (nSPS) is 10.1. The number of thiocarbonyl (C=S) groups is 1. The third-order valence-corrected chi connectivity index (χ3v) is 2.92. The van der Waals surface area contributed by atoms with Gasteiger partial charge in [0.25, 0.3) is 0 Å². The molecule has 2 N–H and O–H groups in total. The maximum absolute atomic E-state index is 8.71. The van der Waals surface area contributed by atoms with Crippen molar-refractivity contribution in [2.45, 2.75) is 6.92 Å². The van der Waals surface area contributed by atoms with Crippen molar-refractivity contribution in [3.8, 4) is 6.07 Å². The summed E-state index contributed by atoms with van der Waals surface area (Å²) in [6, 6.07) is 17.1. The molecule has 0 saturated heterocycles. The Kier molecular flexibility index (Phi) is 5.02. The first-order valence-corrected chi connectivity index (χ1v) is 6.75. The van der Waals surface area contributed by atoms with E-state index >= 15 is 0 Å². The van der Waals surface area contributed by atoms with E-state index in [1.807, 2.05) is 43.3 Å². The highest BCUT2D eigenvalue weighted by Gasteiger charge is 1.95. The molecule has 0 radical (unpaired) electrons. The first kappa shape index (κ1) is 14.7. The Balaban J connectivity index is 1.86. The molecule has 104 valence electrons. The van der Waals surface area contributed by atoms with E-state index in [1.165, 1.54) is 5.56 Å². The zero-order chi connectivity index (χ0) is 15.1. The molecule has 2 aromatic rings. The molecule has 0 amide bonds. The number of anilines is 1. The number of nitrogens with one attached hydrogen (secondary N) is 2. The molecule has 0 saturated carbocycles. The van der Waals surface area contributed by atoms with E-state index in [1.54, 1.807) is 18.3 Å². The lowest BCUT2D eigenvalue weighted by atomic mass is 10.2. The summed E-state index contributed by atoms with van der Waals surface area (Å²) in [5, 5.41) is 16.2. The van der Waals surface area contributed by atoms with Crippen LogP contribution in [-0.2, 0) is 0 Å². The Bertz CT molecular complexity index is 682. The SMILES string of the molecule is Cc1ccc(NC(=S)N/N=C/c2ccc(C#N)cc2)cc1. The average molecular weight is 294 g/mol. The number of nitrogens with zero attached hydrogens (tertiary/aromatic N) is 2. The van der Waals surface area contributed by atoms with Crippen molar-refractivity contribution in [1.82, 2.24) is 5.43 Å². The van der Waals surface area contributed by atoms with E-state index in [4.69, 9.17) is 17.5 Å². The second kappa shape index (κ2) is 7.17. The van der Waals surface area contributed by atoms with Crippen LogP contribution in [0.25, 0.3) is 0 Å². The van der Waals surface area contributed by atoms with Crippen LogP contribution in [-0.4, -0.2) is 11.3 Å². The quantitative estimate of drug-likeness (QED) is 0.518. The third-order valence-electron chi connectivity index (χ3n) is 2.73. The van der Waals surface area contributed by atoms with Gasteiger partial charge in [0.1, 0.15) is 0 Å². The molecule has 0 atom stereocenters. The monoisotopic (exact) mass is 294 g/mol. The van der Waals surface area contributed by atoms with Crippen LogP contribution in [0.2, 0.25) is 0 Å². The summed E-state index contributed by atoms with van der Waals surface area (Å²) in [6.45, 7) is 2.03. The van der Waals surface area contributed by atoms with E-state index in [-0.39, 0.29) is 0 Å². The molecule has 0 fully saturated rings. The summed E-state index contributed by atoms with van der Waals surface area (Å²) in [7, 11) is 0. The summed E-state index contributed by atoms with van der Waals surface area (Å²) in [6.07, 6.45) is 1.64. The lowest BCUT2D eigenvalue weighted by molar-refractivity contribution is 1.05. The lowest BCUT2D eigenvalue weighted by Crippen LogP contribution is -2.23. The Morgan fingerprint density at radius 1 is 1.14 bits per heavy atom. The summed E-state index contributed by atoms with van der Waals surface area (Å²) in [4.78, 5) is 0. The molecular formula is C16H14N4S. The van der Waals surface area contributed by atoms with Crippen molar-refractivity contribution < 1.29 is 0 Å². The molecule has 2 rings (SSSR count). The first-order chi connectivity index (χ1) is 10.2. The minimum Gasteiger partial charge on any atom is -0.331 e. The van der Waals surface area contributed by atoms with Gasteiger partial charge in [-0.15, -0.1) is 0 Å². The van der Waals surface area contributed by atoms with Crippen molar-refractivity contribution in [2.24, 2.45) is 5.10 Å². The Morgan fingerprint density at radius 2 is 1.81 bits per heavy atom. The summed E-state index contributed by atoms with van der Waals surface area (Å²) < 4.78 is 0. The fraction of sp³-hybridized carbons (Fsp3) is 0.0625. The number of nitriles is 1. The van der Waals surface area contributed by atoms with E-state index in [0.717, 1.165) is 11.3 Å². The van der Waals surface area contributed by atoms with Crippen molar-refractivity contribution >= 4 is 29.2 Å². The van der Waals surface area contributed by atoms with Gasteiger partial charge in [0, 0.05) is 5.69 Å². The zero-order valence-electron chi connectivity index (χ0n) is 11.5. The zero-order valence-corrected chi connectivity index (χ0v) is 12.3. The van der Waals surface area contributed by atoms with E-state index < -0.39 is 0 Å². The highest BCUT2D eigenvalue weighted by Crippen LogP contribution is 2.08. The average Bonchev–Trinajstić information content (AvgIpc) is 2.50. The molecular weight excluding hydrogens is 280 g/mol. The van der Waals surface area contributed by atoms with Crippen LogP contribution >= 0.6 is 12.2 Å². The first-order valence-electron chi connectivity index (χ1n) is 6.34. The molecule has 5 heteroatoms. The van der Waals surface area contributed by atoms with E-state index in [2.05, 4.69) is 21.9 Å². The van der Waals surface area contributed by atoms with Crippen LogP contribution in [0.5, 0.6) is 0 Å². The lowest BCUT2D eigenvalue weighted by Gasteiger charge is -2.06. The van der Waals surface area contributed by atoms with Gasteiger partial charge in [-0.25, -0.2) is 0 Å². The predicted octanol–water partition coefficient (Wildman–Crippen LogP) is 3.19. The van der Waals surface area contributed by atoms with Crippen LogP contribution in [0.15, 0.2) is 53.6 Å². The Labute approximate surface area is 129 Å². The highest BCUT2D eigenvalue weighted by molar-refractivity contribution is 7.80. The highest BCUT2D eigenvalue weighted by atomic mass is 32.1. The van der Waals surface area contributed by atoms with Gasteiger partial charge in [-0.2, -0.15) is 10.4 Å². The second-order valence-electron chi connectivity index (χ2n) is 4.42. The van der Waals surface area contributed by atoms with Gasteiger partial charge in [0.15, 0.2) is 5.11 Å². The molecule has 2 aromatic carbocycles. The minimum atomic E-state index is 0.420. The number of benzene rings is 2. The third kappa shape index (κ3) is 4.71. The maximum atomic E-state index is 8.71. The second-order valence-corrected chi connectivity index (χ2v) is 4.83. The van der Waals surface area contributed by atoms with Gasteiger partial charge in [0.05, 0.1) is 17.8 Å². The molecule has 0 heterocycles. The molecule has 0 aromatic heterocycles. The number of rotatable bonds is 3. The van der Waals surface area contributed by atoms with Crippen molar-refractivity contribution in [1.29, 1.82) is 5.26 Å². The molecule has 0 bridgehead atoms. The van der Waals surface area contributed by atoms with Crippen molar-refractivity contribution in [3.05, 3.63) is 65.2 Å². The van der Waals surface area contributed by atoms with Crippen LogP contribution in [0.1, 0.15) is 16.7 Å². The van der Waals surface area contributed by atoms with Gasteiger partial charge in [-0.1, -0.05) is 29.8 Å². The number of aryl methyl sites for hydroxylation is 1. The molecule has 0 aliphatic rings. The molecule has 21 heavy (non-hydrogen) atoms. The molecule has 4 nitrogen and oxygen atoms in total. The van der Waals surface area contributed by atoms with Crippen molar-refractivity contribution in [3.63, 3.8) is 0 Å². The Morgan fingerprint density at radius 3 is 2.43 bits per heavy atom. The predicted molar refractivity (Wildman–Crippen MR) is 89.3 cm³/mol. The summed E-state index contributed by atoms with van der Waals surface area (Å²) in [5.41, 5.74) is 6.36. The Hall–Kier alpha value is -2.71. The fourth-order valence-electron chi connectivity index (χ4n) is 1.61. The molecule has 0 aliphatic heterocycles. The topological polar surface area (TPSA) is 60.2 Å². The van der Waals surface area contributed by atoms with Crippen molar-refractivity contribution in [2.75, 3.05) is 5.32 Å². The van der Waals surface area contributed by atoms with Gasteiger partial charge < -0.3 is 5.32 Å². The fourth-order valence-corrected chi connectivity index (χ4v) is 1.78. The maximum Gasteiger partial charge on any atom is 0.191 e. The minimum absolute atomic E-state index is 0.420. The van der Waals surface area contributed by atoms with E-state index in [0.29, 0.717) is 10.7 Å². The standard InChI is InChI=1S/C16H14N4S/c1-12-2-8-15(9-3-12)19-16(21)20-18-11-14-6-4-13(10-17)5-7-14/h2-9,11H,1H3,(H2,19,20,21)/b18-11+. The molecule has 0 aliphatic carbocycles. The van der Waals surface area contributed by atoms with Crippen LogP contribution in [0, 0.1) is 18.3 Å². The van der Waals surface area contributed by atoms with Gasteiger partial charge in [0.2, 0.25) is 0 Å². The molecule has 0 unspecified atom stereocenters. The van der Waals surface area contributed by atoms with E-state index in [9.17, 15) is 0 Å². The summed E-state index contributed by atoms with van der Waals surface area (Å²) in [5.74, 6) is 0. The van der Waals surface area contributed by atoms with Crippen LogP contribution in [0.4, 0.5) is 5.69 Å². The van der Waals surface area contributed by atoms with Gasteiger partial charge in [-0.3, -0.25) is 5.43 Å². The van der Waals surface area contributed by atoms with Crippen LogP contribution in [0.3, 0.4) is 0 Å². The van der Waals surface area contributed by atoms with Gasteiger partial charge >= 0.3 is 0 Å². The smallest absolute Gasteiger partial charge is 0.191 e. The molecule has 0 spiro atoms. The van der Waals surface area contributed by atoms with Gasteiger partial charge in [-0.05, 0) is 49.0 Å². The number of hydrogen-bond acceptors (Lipinski definition) is 3. The number of hydrazone groups is 1. The number of hydrogen-bond donors (Lipinski definition) is 2. The largest absolute Gasteiger partial charge is 0.331 e. The summed E-state index contributed by atoms with van der Waals surface area (Å²) >= 11 is 5.14. The van der Waals surface area contributed by atoms with Crippen LogP contribution < -0.4 is 10.7 Å².